The van der Waals surface area contributed by atoms with Crippen molar-refractivity contribution in [1.82, 2.24) is 14.3 Å². The van der Waals surface area contributed by atoms with Crippen LogP contribution in [-0.2, 0) is 13.6 Å². The van der Waals surface area contributed by atoms with Crippen LogP contribution in [0.1, 0.15) is 5.56 Å². The van der Waals surface area contributed by atoms with E-state index in [9.17, 15) is 4.79 Å². The summed E-state index contributed by atoms with van der Waals surface area (Å²) in [4.78, 5) is 12.2. The summed E-state index contributed by atoms with van der Waals surface area (Å²) in [6.45, 7) is 0.702. The van der Waals surface area contributed by atoms with Gasteiger partial charge in [0.05, 0.1) is 18.4 Å². The molecule has 0 aliphatic rings. The van der Waals surface area contributed by atoms with E-state index in [2.05, 4.69) is 22.5 Å². The molecule has 0 spiro atoms. The average molecular weight is 356 g/mol. The zero-order chi connectivity index (χ0) is 18.6. The minimum Gasteiger partial charge on any atom is -0.355 e. The second-order valence-electron chi connectivity index (χ2n) is 6.45. The number of rotatable bonds is 5. The molecule has 0 saturated heterocycles. The normalized spacial score (nSPS) is 10.7. The predicted octanol–water partition coefficient (Wildman–Crippen LogP) is 4.04. The van der Waals surface area contributed by atoms with E-state index >= 15 is 0 Å². The Morgan fingerprint density at radius 3 is 2.41 bits per heavy atom. The summed E-state index contributed by atoms with van der Waals surface area (Å²) >= 11 is 0. The number of anilines is 2. The number of hydrogen-bond donors (Lipinski definition) is 1. The Labute approximate surface area is 157 Å². The molecule has 2 aromatic carbocycles. The van der Waals surface area contributed by atoms with Crippen molar-refractivity contribution in [2.24, 2.45) is 7.05 Å². The highest BCUT2D eigenvalue weighted by Crippen LogP contribution is 2.28. The van der Waals surface area contributed by atoms with E-state index in [0.717, 1.165) is 22.5 Å². The Morgan fingerprint density at radius 1 is 0.963 bits per heavy atom. The third-order valence-electron chi connectivity index (χ3n) is 4.41. The van der Waals surface area contributed by atoms with Crippen LogP contribution in [0, 0.1) is 0 Å². The van der Waals surface area contributed by atoms with E-state index in [1.165, 1.54) is 5.56 Å². The lowest BCUT2D eigenvalue weighted by atomic mass is 10.1. The Hall–Kier alpha value is -3.60. The smallest absolute Gasteiger partial charge is 0.252 e. The first-order valence-corrected chi connectivity index (χ1v) is 8.78. The van der Waals surface area contributed by atoms with Gasteiger partial charge in [-0.05, 0) is 17.7 Å². The number of nitrogens with one attached hydrogen (secondary N) is 1. The molecule has 0 saturated carbocycles. The van der Waals surface area contributed by atoms with Crippen LogP contribution in [0.4, 0.5) is 11.4 Å². The summed E-state index contributed by atoms with van der Waals surface area (Å²) < 4.78 is 3.49. The molecule has 5 nitrogen and oxygen atoms in total. The molecule has 0 atom stereocenters. The van der Waals surface area contributed by atoms with Crippen molar-refractivity contribution in [1.29, 1.82) is 0 Å². The first-order valence-electron chi connectivity index (χ1n) is 8.78. The molecule has 0 fully saturated rings. The van der Waals surface area contributed by atoms with E-state index in [-0.39, 0.29) is 5.56 Å². The van der Waals surface area contributed by atoms with Gasteiger partial charge in [-0.3, -0.25) is 9.48 Å². The van der Waals surface area contributed by atoms with Crippen molar-refractivity contribution < 1.29 is 0 Å². The number of aromatic nitrogens is 3. The maximum Gasteiger partial charge on any atom is 0.252 e. The van der Waals surface area contributed by atoms with Crippen molar-refractivity contribution in [2.75, 3.05) is 5.32 Å². The van der Waals surface area contributed by atoms with Gasteiger partial charge in [0.1, 0.15) is 0 Å². The number of hydrogen-bond acceptors (Lipinski definition) is 3. The maximum absolute atomic E-state index is 12.2. The van der Waals surface area contributed by atoms with Crippen molar-refractivity contribution in [3.8, 4) is 11.1 Å². The topological polar surface area (TPSA) is 51.9 Å². The van der Waals surface area contributed by atoms with Gasteiger partial charge in [-0.2, -0.15) is 5.10 Å². The standard InChI is InChI=1S/C22H20N4O/c1-25-16-20(21(12-22(25)27)24-19-10-6-3-7-11-19)18-13-23-26(15-18)14-17-8-4-2-5-9-17/h2-13,15-16,24H,14H2,1H3. The van der Waals surface area contributed by atoms with E-state index in [1.807, 2.05) is 71.8 Å². The van der Waals surface area contributed by atoms with Crippen LogP contribution >= 0.6 is 0 Å². The minimum absolute atomic E-state index is 0.0612. The fraction of sp³-hybridized carbons (Fsp3) is 0.0909. The molecule has 4 rings (SSSR count). The largest absolute Gasteiger partial charge is 0.355 e. The minimum atomic E-state index is -0.0612. The van der Waals surface area contributed by atoms with Crippen molar-refractivity contribution in [2.45, 2.75) is 6.54 Å². The third kappa shape index (κ3) is 3.82. The number of benzene rings is 2. The fourth-order valence-electron chi connectivity index (χ4n) is 3.00. The molecule has 0 bridgehead atoms. The molecular formula is C22H20N4O. The first-order chi connectivity index (χ1) is 13.2. The van der Waals surface area contributed by atoms with Gasteiger partial charge in [-0.15, -0.1) is 0 Å². The van der Waals surface area contributed by atoms with Crippen LogP contribution in [0.5, 0.6) is 0 Å². The van der Waals surface area contributed by atoms with Crippen molar-refractivity contribution >= 4 is 11.4 Å². The highest BCUT2D eigenvalue weighted by atomic mass is 16.1. The van der Waals surface area contributed by atoms with Crippen molar-refractivity contribution in [3.05, 3.63) is 101 Å². The molecule has 0 aliphatic heterocycles. The van der Waals surface area contributed by atoms with Crippen LogP contribution in [0.15, 0.2) is 90.1 Å². The maximum atomic E-state index is 12.2. The Kier molecular flexibility index (Phi) is 4.58. The number of aryl methyl sites for hydroxylation is 1. The van der Waals surface area contributed by atoms with E-state index in [0.29, 0.717) is 6.54 Å². The third-order valence-corrected chi connectivity index (χ3v) is 4.41. The Bertz CT molecular complexity index is 1100. The van der Waals surface area contributed by atoms with Gasteiger partial charge >= 0.3 is 0 Å². The van der Waals surface area contributed by atoms with Gasteiger partial charge in [0.15, 0.2) is 0 Å². The number of para-hydroxylation sites is 1. The molecule has 0 aliphatic carbocycles. The molecule has 1 N–H and O–H groups in total. The zero-order valence-electron chi connectivity index (χ0n) is 15.0. The lowest BCUT2D eigenvalue weighted by Gasteiger charge is -2.12. The quantitative estimate of drug-likeness (QED) is 0.587. The summed E-state index contributed by atoms with van der Waals surface area (Å²) in [6.07, 6.45) is 5.68. The molecule has 27 heavy (non-hydrogen) atoms. The van der Waals surface area contributed by atoms with Gasteiger partial charge in [-0.25, -0.2) is 0 Å². The summed E-state index contributed by atoms with van der Waals surface area (Å²) in [5.41, 5.74) is 4.72. The van der Waals surface area contributed by atoms with E-state index < -0.39 is 0 Å². The summed E-state index contributed by atoms with van der Waals surface area (Å²) in [5.74, 6) is 0. The SMILES string of the molecule is Cn1cc(-c2cnn(Cc3ccccc3)c2)c(Nc2ccccc2)cc1=O. The van der Waals surface area contributed by atoms with E-state index in [4.69, 9.17) is 0 Å². The molecule has 0 radical (unpaired) electrons. The molecule has 5 heteroatoms. The highest BCUT2D eigenvalue weighted by molar-refractivity contribution is 5.79. The predicted molar refractivity (Wildman–Crippen MR) is 108 cm³/mol. The van der Waals surface area contributed by atoms with Gasteiger partial charge in [-0.1, -0.05) is 48.5 Å². The number of pyridine rings is 1. The summed E-state index contributed by atoms with van der Waals surface area (Å²) in [5, 5.41) is 7.84. The Balaban J connectivity index is 1.69. The Morgan fingerprint density at radius 2 is 1.67 bits per heavy atom. The zero-order valence-corrected chi connectivity index (χ0v) is 15.0. The second-order valence-corrected chi connectivity index (χ2v) is 6.45. The second kappa shape index (κ2) is 7.33. The van der Waals surface area contributed by atoms with Crippen LogP contribution in [0.25, 0.3) is 11.1 Å². The summed E-state index contributed by atoms with van der Waals surface area (Å²) in [7, 11) is 1.76. The molecule has 0 amide bonds. The van der Waals surface area contributed by atoms with Crippen LogP contribution in [-0.4, -0.2) is 14.3 Å². The molecular weight excluding hydrogens is 336 g/mol. The van der Waals surface area contributed by atoms with E-state index in [1.54, 1.807) is 17.7 Å². The van der Waals surface area contributed by atoms with Crippen molar-refractivity contribution in [3.63, 3.8) is 0 Å². The average Bonchev–Trinajstić information content (AvgIpc) is 3.14. The molecule has 4 aromatic rings. The molecule has 2 heterocycles. The van der Waals surface area contributed by atoms with Crippen LogP contribution in [0.3, 0.4) is 0 Å². The lowest BCUT2D eigenvalue weighted by Crippen LogP contribution is -2.16. The number of nitrogens with zero attached hydrogens (tertiary/aromatic N) is 3. The van der Waals surface area contributed by atoms with Gasteiger partial charge in [0, 0.05) is 42.3 Å². The monoisotopic (exact) mass is 356 g/mol. The summed E-state index contributed by atoms with van der Waals surface area (Å²) in [6, 6.07) is 21.7. The fourth-order valence-corrected chi connectivity index (χ4v) is 3.00. The molecule has 2 aromatic heterocycles. The highest BCUT2D eigenvalue weighted by Gasteiger charge is 2.11. The van der Waals surface area contributed by atoms with Crippen LogP contribution < -0.4 is 10.9 Å². The van der Waals surface area contributed by atoms with Gasteiger partial charge < -0.3 is 9.88 Å². The first kappa shape index (κ1) is 16.8. The molecule has 0 unspecified atom stereocenters. The van der Waals surface area contributed by atoms with Gasteiger partial charge in [0.25, 0.3) is 5.56 Å². The lowest BCUT2D eigenvalue weighted by molar-refractivity contribution is 0.687. The molecule has 134 valence electrons. The van der Waals surface area contributed by atoms with Crippen LogP contribution in [0.2, 0.25) is 0 Å². The van der Waals surface area contributed by atoms with Gasteiger partial charge in [0.2, 0.25) is 0 Å².